The molecule has 0 fully saturated rings. The number of ether oxygens (including phenoxy) is 1. The molecule has 0 aromatic heterocycles. The third-order valence-corrected chi connectivity index (χ3v) is 3.32. The topological polar surface area (TPSA) is 9.23 Å². The first-order valence-corrected chi connectivity index (χ1v) is 9.74. The van der Waals surface area contributed by atoms with E-state index in [1.54, 1.807) is 6.92 Å². The molecule has 1 unspecified atom stereocenters. The molecule has 14 heavy (non-hydrogen) atoms. The van der Waals surface area contributed by atoms with E-state index >= 15 is 0 Å². The first kappa shape index (κ1) is 12.5. The third kappa shape index (κ3) is 4.27. The van der Waals surface area contributed by atoms with Crippen molar-refractivity contribution in [3.05, 3.63) is 29.8 Å². The van der Waals surface area contributed by atoms with Crippen LogP contribution in [-0.4, -0.2) is 10.2 Å². The second kappa shape index (κ2) is 6.07. The van der Waals surface area contributed by atoms with Gasteiger partial charge in [-0.1, -0.05) is 0 Å². The number of hydrogen-bond acceptors (Lipinski definition) is 1. The summed E-state index contributed by atoms with van der Waals surface area (Å²) in [6.07, 6.45) is 0. The summed E-state index contributed by atoms with van der Waals surface area (Å²) >= 11 is 3.92. The zero-order valence-electron chi connectivity index (χ0n) is 7.36. The van der Waals surface area contributed by atoms with E-state index in [0.717, 1.165) is 11.3 Å². The second-order valence-electron chi connectivity index (χ2n) is 2.51. The van der Waals surface area contributed by atoms with Crippen molar-refractivity contribution in [3.63, 3.8) is 0 Å². The molecular weight excluding hydrogens is 332 g/mol. The summed E-state index contributed by atoms with van der Waals surface area (Å²) in [5.41, 5.74) is 0.541. The Bertz CT molecular complexity index is 335. The zero-order chi connectivity index (χ0) is 10.6. The molecule has 0 aliphatic carbocycles. The van der Waals surface area contributed by atoms with E-state index in [4.69, 9.17) is 35.7 Å². The van der Waals surface area contributed by atoms with Crippen LogP contribution in [0, 0.1) is 0 Å². The van der Waals surface area contributed by atoms with Gasteiger partial charge in [0.05, 0.1) is 0 Å². The number of rotatable bonds is 3. The van der Waals surface area contributed by atoms with Crippen molar-refractivity contribution in [2.45, 2.75) is 12.5 Å². The second-order valence-corrected chi connectivity index (χ2v) is 8.84. The van der Waals surface area contributed by atoms with Gasteiger partial charge in [0.1, 0.15) is 0 Å². The van der Waals surface area contributed by atoms with Crippen LogP contribution in [0.3, 0.4) is 0 Å². The van der Waals surface area contributed by atoms with Crippen LogP contribution in [0.2, 0.25) is 0 Å². The standard InChI is InChI=1S/C9H9ClO.2ClH.Ru/c1-7-5-3-4-6-9(7)11-8(2)10;;;/h1,3-6,8H,2H3;2*1H;/q;;;+2/p-2. The fraction of sp³-hybridized carbons (Fsp3) is 0.222. The molecule has 1 rings (SSSR count). The van der Waals surface area contributed by atoms with Gasteiger partial charge in [0.25, 0.3) is 0 Å². The molecule has 0 N–H and O–H groups in total. The normalized spacial score (nSPS) is 13.3. The molecule has 1 nitrogen and oxygen atoms in total. The molecular formula is C9H9Cl3ORu. The molecule has 0 heterocycles. The molecule has 0 aliphatic heterocycles. The van der Waals surface area contributed by atoms with Crippen LogP contribution in [0.1, 0.15) is 12.5 Å². The maximum absolute atomic E-state index is 5.79. The van der Waals surface area contributed by atoms with E-state index in [9.17, 15) is 0 Å². The quantitative estimate of drug-likeness (QED) is 0.602. The van der Waals surface area contributed by atoms with Crippen LogP contribution in [-0.2, 0) is 13.5 Å². The van der Waals surface area contributed by atoms with Gasteiger partial charge in [0.2, 0.25) is 0 Å². The first-order chi connectivity index (χ1) is 6.59. The van der Waals surface area contributed by atoms with E-state index in [1.165, 1.54) is 0 Å². The van der Waals surface area contributed by atoms with Crippen LogP contribution < -0.4 is 4.74 Å². The number of halogens is 3. The minimum atomic E-state index is -1.81. The monoisotopic (exact) mass is 340 g/mol. The van der Waals surface area contributed by atoms with E-state index < -0.39 is 13.5 Å². The van der Waals surface area contributed by atoms with Crippen molar-refractivity contribution >= 4 is 35.6 Å². The van der Waals surface area contributed by atoms with Gasteiger partial charge in [-0.15, -0.1) is 0 Å². The predicted molar refractivity (Wildman–Crippen MR) is 59.3 cm³/mol. The first-order valence-electron chi connectivity index (χ1n) is 3.82. The van der Waals surface area contributed by atoms with Crippen LogP contribution >= 0.6 is 31.0 Å². The Hall–Kier alpha value is 0.383. The van der Waals surface area contributed by atoms with Crippen molar-refractivity contribution in [2.24, 2.45) is 0 Å². The summed E-state index contributed by atoms with van der Waals surface area (Å²) in [5, 5.41) is 0. The van der Waals surface area contributed by atoms with Gasteiger partial charge in [-0.05, 0) is 0 Å². The zero-order valence-corrected chi connectivity index (χ0v) is 11.4. The summed E-state index contributed by atoms with van der Waals surface area (Å²) in [6, 6.07) is 7.53. The Labute approximate surface area is 101 Å². The number of hydrogen-bond donors (Lipinski definition) is 0. The molecule has 1 aromatic rings. The van der Waals surface area contributed by atoms with Crippen molar-refractivity contribution in [3.8, 4) is 5.75 Å². The average molecular weight is 341 g/mol. The molecule has 5 heteroatoms. The van der Waals surface area contributed by atoms with Crippen LogP contribution in [0.15, 0.2) is 24.3 Å². The summed E-state index contributed by atoms with van der Waals surface area (Å²) in [4.78, 5) is 0. The van der Waals surface area contributed by atoms with Gasteiger partial charge in [-0.3, -0.25) is 0 Å². The van der Waals surface area contributed by atoms with Gasteiger partial charge in [-0.25, -0.2) is 0 Å². The van der Waals surface area contributed by atoms with Crippen molar-refractivity contribution in [1.29, 1.82) is 0 Å². The molecule has 0 bridgehead atoms. The van der Waals surface area contributed by atoms with Crippen molar-refractivity contribution < 1.29 is 18.3 Å². The molecule has 0 saturated heterocycles. The maximum atomic E-state index is 5.79. The van der Waals surface area contributed by atoms with E-state index in [0.29, 0.717) is 0 Å². The van der Waals surface area contributed by atoms with Crippen LogP contribution in [0.4, 0.5) is 0 Å². The Balaban J connectivity index is 2.97. The number of para-hydroxylation sites is 1. The summed E-state index contributed by atoms with van der Waals surface area (Å²) in [7, 11) is 11.6. The Morgan fingerprint density at radius 1 is 1.36 bits per heavy atom. The van der Waals surface area contributed by atoms with Gasteiger partial charge >= 0.3 is 102 Å². The minimum absolute atomic E-state index is 0.365. The Morgan fingerprint density at radius 2 is 2.00 bits per heavy atom. The fourth-order valence-corrected chi connectivity index (χ4v) is 2.83. The molecule has 0 aliphatic rings. The van der Waals surface area contributed by atoms with Crippen molar-refractivity contribution in [2.75, 3.05) is 0 Å². The average Bonchev–Trinajstić information content (AvgIpc) is 2.06. The Morgan fingerprint density at radius 3 is 2.57 bits per heavy atom. The van der Waals surface area contributed by atoms with Crippen LogP contribution in [0.5, 0.6) is 5.75 Å². The SMILES string of the molecule is CC(Cl)Oc1ccccc1[CH]=[Ru]([Cl])[Cl]. The molecule has 0 amide bonds. The fourth-order valence-electron chi connectivity index (χ4n) is 0.930. The van der Waals surface area contributed by atoms with E-state index in [1.807, 2.05) is 28.9 Å². The number of benzene rings is 1. The molecule has 1 atom stereocenters. The Kier molecular flexibility index (Phi) is 5.40. The molecule has 0 spiro atoms. The number of alkyl halides is 1. The predicted octanol–water partition coefficient (Wildman–Crippen LogP) is 3.73. The van der Waals surface area contributed by atoms with Crippen molar-refractivity contribution in [1.82, 2.24) is 0 Å². The van der Waals surface area contributed by atoms with Gasteiger partial charge < -0.3 is 0 Å². The summed E-state index contributed by atoms with van der Waals surface area (Å²) in [6.45, 7) is 1.76. The van der Waals surface area contributed by atoms with Gasteiger partial charge in [-0.2, -0.15) is 0 Å². The molecule has 80 valence electrons. The van der Waals surface area contributed by atoms with E-state index in [2.05, 4.69) is 0 Å². The van der Waals surface area contributed by atoms with E-state index in [-0.39, 0.29) is 5.56 Å². The van der Waals surface area contributed by atoms with Gasteiger partial charge in [0, 0.05) is 0 Å². The summed E-state index contributed by atoms with van der Waals surface area (Å²) < 4.78 is 7.22. The molecule has 1 aromatic carbocycles. The van der Waals surface area contributed by atoms with Crippen LogP contribution in [0.25, 0.3) is 0 Å². The van der Waals surface area contributed by atoms with Gasteiger partial charge in [0.15, 0.2) is 0 Å². The summed E-state index contributed by atoms with van der Waals surface area (Å²) in [5.74, 6) is 0.718. The molecule has 0 radical (unpaired) electrons. The molecule has 0 saturated carbocycles. The third-order valence-electron chi connectivity index (χ3n) is 1.40.